The van der Waals surface area contributed by atoms with Gasteiger partial charge in [0.25, 0.3) is 5.91 Å². The predicted octanol–water partition coefficient (Wildman–Crippen LogP) is 3.48. The van der Waals surface area contributed by atoms with E-state index in [0.717, 1.165) is 35.9 Å². The van der Waals surface area contributed by atoms with Gasteiger partial charge >= 0.3 is 5.69 Å². The highest BCUT2D eigenvalue weighted by Gasteiger charge is 2.34. The molecule has 1 amide bonds. The summed E-state index contributed by atoms with van der Waals surface area (Å²) in [5.74, 6) is -1.25. The monoisotopic (exact) mass is 344 g/mol. The highest BCUT2D eigenvalue weighted by molar-refractivity contribution is 5.99. The van der Waals surface area contributed by atoms with E-state index in [0.29, 0.717) is 0 Å². The SMILES string of the molecule is C[C@H](Oc1cc(F)ccc1[N+](=O)[O-])C(=O)N1c2ccccc2C[C@H]1C. The molecular weight excluding hydrogens is 327 g/mol. The Morgan fingerprint density at radius 2 is 2.08 bits per heavy atom. The molecule has 0 fully saturated rings. The molecule has 25 heavy (non-hydrogen) atoms. The molecule has 2 aromatic rings. The largest absolute Gasteiger partial charge is 0.474 e. The molecule has 130 valence electrons. The van der Waals surface area contributed by atoms with Crippen molar-refractivity contribution in [2.75, 3.05) is 4.90 Å². The second kappa shape index (κ2) is 6.51. The van der Waals surface area contributed by atoms with Gasteiger partial charge in [0.2, 0.25) is 5.75 Å². The van der Waals surface area contributed by atoms with Crippen molar-refractivity contribution in [2.24, 2.45) is 0 Å². The minimum atomic E-state index is -0.992. The third-order valence-electron chi connectivity index (χ3n) is 4.21. The smallest absolute Gasteiger partial charge is 0.311 e. The maximum Gasteiger partial charge on any atom is 0.311 e. The minimum Gasteiger partial charge on any atom is -0.474 e. The standard InChI is InChI=1S/C18H17FN2O4/c1-11-9-13-5-3-4-6-15(13)20(11)18(22)12(2)25-17-10-14(19)7-8-16(17)21(23)24/h3-8,10-12H,9H2,1-2H3/t11-,12+/m1/s1. The van der Waals surface area contributed by atoms with Gasteiger partial charge in [-0.1, -0.05) is 18.2 Å². The van der Waals surface area contributed by atoms with Crippen LogP contribution in [0.3, 0.4) is 0 Å². The summed E-state index contributed by atoms with van der Waals surface area (Å²) in [6.07, 6.45) is -0.261. The van der Waals surface area contributed by atoms with E-state index >= 15 is 0 Å². The molecule has 2 aromatic carbocycles. The van der Waals surface area contributed by atoms with Crippen LogP contribution >= 0.6 is 0 Å². The number of fused-ring (bicyclic) bond motifs is 1. The third kappa shape index (κ3) is 3.17. The number of amides is 1. The van der Waals surface area contributed by atoms with Crippen LogP contribution in [0.4, 0.5) is 15.8 Å². The molecule has 7 heteroatoms. The van der Waals surface area contributed by atoms with Gasteiger partial charge in [-0.3, -0.25) is 14.9 Å². The summed E-state index contributed by atoms with van der Waals surface area (Å²) in [5, 5.41) is 11.1. The molecule has 0 aliphatic carbocycles. The molecule has 0 saturated carbocycles. The first-order valence-electron chi connectivity index (χ1n) is 7.90. The van der Waals surface area contributed by atoms with Crippen LogP contribution < -0.4 is 9.64 Å². The van der Waals surface area contributed by atoms with Crippen molar-refractivity contribution in [2.45, 2.75) is 32.4 Å². The molecular formula is C18H17FN2O4. The van der Waals surface area contributed by atoms with Crippen LogP contribution in [0.25, 0.3) is 0 Å². The Bertz CT molecular complexity index is 840. The van der Waals surface area contributed by atoms with Crippen LogP contribution in [0.15, 0.2) is 42.5 Å². The number of nitrogens with zero attached hydrogens (tertiary/aromatic N) is 2. The highest BCUT2D eigenvalue weighted by atomic mass is 19.1. The zero-order valence-corrected chi connectivity index (χ0v) is 13.8. The predicted molar refractivity (Wildman–Crippen MR) is 90.2 cm³/mol. The number of benzene rings is 2. The first-order valence-corrected chi connectivity index (χ1v) is 7.90. The average molecular weight is 344 g/mol. The van der Waals surface area contributed by atoms with E-state index in [2.05, 4.69) is 0 Å². The Morgan fingerprint density at radius 3 is 2.80 bits per heavy atom. The molecule has 3 rings (SSSR count). The van der Waals surface area contributed by atoms with Gasteiger partial charge in [0.15, 0.2) is 6.10 Å². The number of para-hydroxylation sites is 1. The first kappa shape index (κ1) is 16.9. The molecule has 0 radical (unpaired) electrons. The van der Waals surface area contributed by atoms with Gasteiger partial charge in [-0.2, -0.15) is 0 Å². The van der Waals surface area contributed by atoms with Gasteiger partial charge in [-0.25, -0.2) is 4.39 Å². The molecule has 1 aliphatic heterocycles. The van der Waals surface area contributed by atoms with Crippen molar-refractivity contribution in [3.63, 3.8) is 0 Å². The number of hydrogen-bond acceptors (Lipinski definition) is 4. The van der Waals surface area contributed by atoms with E-state index in [1.807, 2.05) is 31.2 Å². The van der Waals surface area contributed by atoms with E-state index in [1.54, 1.807) is 4.90 Å². The van der Waals surface area contributed by atoms with Crippen LogP contribution in [0, 0.1) is 15.9 Å². The van der Waals surface area contributed by atoms with Crippen molar-refractivity contribution in [1.82, 2.24) is 0 Å². The van der Waals surface area contributed by atoms with Crippen LogP contribution in [-0.2, 0) is 11.2 Å². The van der Waals surface area contributed by atoms with Crippen LogP contribution in [0.1, 0.15) is 19.4 Å². The van der Waals surface area contributed by atoms with Crippen molar-refractivity contribution >= 4 is 17.3 Å². The Labute approximate surface area is 144 Å². The van der Waals surface area contributed by atoms with Gasteiger partial charge in [0, 0.05) is 23.9 Å². The molecule has 0 aromatic heterocycles. The summed E-state index contributed by atoms with van der Waals surface area (Å²) in [6, 6.07) is 10.5. The quantitative estimate of drug-likeness (QED) is 0.629. The number of carbonyl (C=O) groups excluding carboxylic acids is 1. The Kier molecular flexibility index (Phi) is 4.39. The number of nitro groups is 1. The summed E-state index contributed by atoms with van der Waals surface area (Å²) in [7, 11) is 0. The molecule has 1 heterocycles. The molecule has 0 spiro atoms. The fourth-order valence-electron chi connectivity index (χ4n) is 3.07. The summed E-state index contributed by atoms with van der Waals surface area (Å²) < 4.78 is 18.9. The lowest BCUT2D eigenvalue weighted by molar-refractivity contribution is -0.386. The minimum absolute atomic E-state index is 0.0431. The Hall–Kier alpha value is -2.96. The summed E-state index contributed by atoms with van der Waals surface area (Å²) in [6.45, 7) is 3.43. The van der Waals surface area contributed by atoms with E-state index in [4.69, 9.17) is 4.74 Å². The Balaban J connectivity index is 1.85. The molecule has 0 unspecified atom stereocenters. The van der Waals surface area contributed by atoms with Gasteiger partial charge in [0.05, 0.1) is 4.92 Å². The number of hydrogen-bond donors (Lipinski definition) is 0. The zero-order chi connectivity index (χ0) is 18.1. The molecule has 0 bridgehead atoms. The van der Waals surface area contributed by atoms with Crippen molar-refractivity contribution in [1.29, 1.82) is 0 Å². The van der Waals surface area contributed by atoms with E-state index < -0.39 is 16.8 Å². The number of nitro benzene ring substituents is 1. The summed E-state index contributed by atoms with van der Waals surface area (Å²) in [4.78, 5) is 24.9. The van der Waals surface area contributed by atoms with E-state index in [9.17, 15) is 19.3 Å². The van der Waals surface area contributed by atoms with Crippen LogP contribution in [-0.4, -0.2) is 23.0 Å². The second-order valence-corrected chi connectivity index (χ2v) is 6.02. The third-order valence-corrected chi connectivity index (χ3v) is 4.21. The average Bonchev–Trinajstić information content (AvgIpc) is 2.89. The Morgan fingerprint density at radius 1 is 1.36 bits per heavy atom. The summed E-state index contributed by atoms with van der Waals surface area (Å²) >= 11 is 0. The van der Waals surface area contributed by atoms with E-state index in [-0.39, 0.29) is 23.4 Å². The van der Waals surface area contributed by atoms with Gasteiger partial charge in [0.1, 0.15) is 5.82 Å². The van der Waals surface area contributed by atoms with Gasteiger partial charge in [-0.15, -0.1) is 0 Å². The lowest BCUT2D eigenvalue weighted by Crippen LogP contribution is -2.43. The van der Waals surface area contributed by atoms with E-state index in [1.165, 1.54) is 6.92 Å². The molecule has 0 saturated heterocycles. The zero-order valence-electron chi connectivity index (χ0n) is 13.8. The lowest BCUT2D eigenvalue weighted by atomic mass is 10.1. The topological polar surface area (TPSA) is 72.7 Å². The number of ether oxygens (including phenoxy) is 1. The number of anilines is 1. The molecule has 0 N–H and O–H groups in total. The molecule has 1 aliphatic rings. The number of carbonyl (C=O) groups is 1. The fraction of sp³-hybridized carbons (Fsp3) is 0.278. The van der Waals surface area contributed by atoms with Gasteiger partial charge in [-0.05, 0) is 38.0 Å². The normalized spacial score (nSPS) is 17.1. The van der Waals surface area contributed by atoms with Crippen molar-refractivity contribution in [3.8, 4) is 5.75 Å². The van der Waals surface area contributed by atoms with Crippen LogP contribution in [0.2, 0.25) is 0 Å². The van der Waals surface area contributed by atoms with Crippen LogP contribution in [0.5, 0.6) is 5.75 Å². The molecule has 6 nitrogen and oxygen atoms in total. The molecule has 2 atom stereocenters. The van der Waals surface area contributed by atoms with Crippen molar-refractivity contribution < 1.29 is 18.8 Å². The lowest BCUT2D eigenvalue weighted by Gasteiger charge is -2.26. The highest BCUT2D eigenvalue weighted by Crippen LogP contribution is 2.33. The maximum atomic E-state index is 13.4. The second-order valence-electron chi connectivity index (χ2n) is 6.02. The number of rotatable bonds is 4. The number of halogens is 1. The van der Waals surface area contributed by atoms with Gasteiger partial charge < -0.3 is 9.64 Å². The fourth-order valence-corrected chi connectivity index (χ4v) is 3.07. The maximum absolute atomic E-state index is 13.4. The van der Waals surface area contributed by atoms with Crippen molar-refractivity contribution in [3.05, 3.63) is 64.0 Å². The summed E-state index contributed by atoms with van der Waals surface area (Å²) in [5.41, 5.74) is 1.49. The first-order chi connectivity index (χ1) is 11.9.